The van der Waals surface area contributed by atoms with Gasteiger partial charge in [0.25, 0.3) is 0 Å². The van der Waals surface area contributed by atoms with Crippen molar-refractivity contribution in [1.29, 1.82) is 0 Å². The van der Waals surface area contributed by atoms with Crippen molar-refractivity contribution in [3.8, 4) is 0 Å². The second-order valence-electron chi connectivity index (χ2n) is 3.39. The summed E-state index contributed by atoms with van der Waals surface area (Å²) >= 11 is 0. The van der Waals surface area contributed by atoms with Crippen LogP contribution in [0.15, 0.2) is 22.3 Å². The molecule has 0 saturated carbocycles. The van der Waals surface area contributed by atoms with E-state index in [4.69, 9.17) is 5.11 Å². The predicted octanol–water partition coefficient (Wildman–Crippen LogP) is 2.37. The summed E-state index contributed by atoms with van der Waals surface area (Å²) in [6, 6.07) is 0. The van der Waals surface area contributed by atoms with Gasteiger partial charge in [-0.15, -0.1) is 0 Å². The van der Waals surface area contributed by atoms with Gasteiger partial charge < -0.3 is 5.11 Å². The molecule has 0 spiro atoms. The third-order valence-electron chi connectivity index (χ3n) is 2.86. The van der Waals surface area contributed by atoms with Crippen molar-refractivity contribution in [2.75, 3.05) is 0 Å². The van der Waals surface area contributed by atoms with Gasteiger partial charge in [-0.1, -0.05) is 11.1 Å². The topological polar surface area (TPSA) is 37.3 Å². The first kappa shape index (κ1) is 9.04. The minimum absolute atomic E-state index is 0.370. The Labute approximate surface area is 72.6 Å². The van der Waals surface area contributed by atoms with Crippen LogP contribution in [0.2, 0.25) is 0 Å². The molecule has 0 bridgehead atoms. The maximum absolute atomic E-state index is 10.8. The van der Waals surface area contributed by atoms with Gasteiger partial charge in [-0.05, 0) is 38.8 Å². The second-order valence-corrected chi connectivity index (χ2v) is 3.39. The van der Waals surface area contributed by atoms with Gasteiger partial charge >= 0.3 is 5.97 Å². The summed E-state index contributed by atoms with van der Waals surface area (Å²) in [5, 5.41) is 8.92. The number of hydrogen-bond acceptors (Lipinski definition) is 1. The Morgan fingerprint density at radius 3 is 1.58 bits per heavy atom. The molecule has 0 unspecified atom stereocenters. The third-order valence-corrected chi connectivity index (χ3v) is 2.86. The molecule has 66 valence electrons. The van der Waals surface area contributed by atoms with Crippen molar-refractivity contribution >= 4 is 5.97 Å². The minimum atomic E-state index is -0.735. The van der Waals surface area contributed by atoms with Crippen molar-refractivity contribution < 1.29 is 9.90 Å². The van der Waals surface area contributed by atoms with E-state index in [9.17, 15) is 4.79 Å². The Hall–Kier alpha value is -1.05. The van der Waals surface area contributed by atoms with E-state index in [2.05, 4.69) is 0 Å². The highest BCUT2D eigenvalue weighted by Crippen LogP contribution is 2.36. The highest BCUT2D eigenvalue weighted by Gasteiger charge is 2.29. The number of allylic oxidation sites excluding steroid dienone is 2. The normalized spacial score (nSPS) is 19.3. The molecule has 0 aromatic heterocycles. The van der Waals surface area contributed by atoms with E-state index < -0.39 is 5.97 Å². The van der Waals surface area contributed by atoms with Gasteiger partial charge in [-0.2, -0.15) is 0 Å². The maximum Gasteiger partial charge on any atom is 0.314 e. The molecule has 2 nitrogen and oxygen atoms in total. The maximum atomic E-state index is 10.8. The number of rotatable bonds is 1. The summed E-state index contributed by atoms with van der Waals surface area (Å²) in [7, 11) is 0. The van der Waals surface area contributed by atoms with Crippen LogP contribution in [0.5, 0.6) is 0 Å². The first-order valence-electron chi connectivity index (χ1n) is 4.04. The van der Waals surface area contributed by atoms with Crippen LogP contribution in [0.25, 0.3) is 0 Å². The summed E-state index contributed by atoms with van der Waals surface area (Å²) in [5.41, 5.74) is 4.25. The molecular formula is C10H14O2. The molecule has 0 fully saturated rings. The van der Waals surface area contributed by atoms with Crippen molar-refractivity contribution in [2.24, 2.45) is 5.92 Å². The Morgan fingerprint density at radius 2 is 1.42 bits per heavy atom. The summed E-state index contributed by atoms with van der Waals surface area (Å²) in [6.07, 6.45) is 0. The van der Waals surface area contributed by atoms with Gasteiger partial charge in [0.05, 0.1) is 5.92 Å². The lowest BCUT2D eigenvalue weighted by molar-refractivity contribution is -0.139. The molecular weight excluding hydrogens is 152 g/mol. The van der Waals surface area contributed by atoms with Gasteiger partial charge in [0.2, 0.25) is 0 Å². The van der Waals surface area contributed by atoms with Crippen LogP contribution in [0.4, 0.5) is 0 Å². The van der Waals surface area contributed by atoms with E-state index in [1.165, 1.54) is 0 Å². The lowest BCUT2D eigenvalue weighted by Crippen LogP contribution is -2.13. The van der Waals surface area contributed by atoms with Crippen LogP contribution in [0, 0.1) is 5.92 Å². The van der Waals surface area contributed by atoms with E-state index in [1.54, 1.807) is 0 Å². The molecule has 1 N–H and O–H groups in total. The van der Waals surface area contributed by atoms with Gasteiger partial charge in [-0.25, -0.2) is 0 Å². The van der Waals surface area contributed by atoms with E-state index in [0.29, 0.717) is 0 Å². The molecule has 1 aliphatic rings. The third kappa shape index (κ3) is 1.07. The van der Waals surface area contributed by atoms with Gasteiger partial charge in [0.1, 0.15) is 0 Å². The average Bonchev–Trinajstić information content (AvgIpc) is 2.16. The zero-order valence-corrected chi connectivity index (χ0v) is 7.93. The number of carboxylic acids is 1. The molecule has 0 aliphatic heterocycles. The van der Waals surface area contributed by atoms with Gasteiger partial charge in [0.15, 0.2) is 0 Å². The fraction of sp³-hybridized carbons (Fsp3) is 0.500. The smallest absolute Gasteiger partial charge is 0.314 e. The number of hydrogen-bond donors (Lipinski definition) is 1. The Balaban J connectivity index is 3.17. The standard InChI is InChI=1S/C10H14O2/c1-5-6(2)8(4)9(7(5)3)10(11)12/h9H,1-4H3,(H,11,12). The van der Waals surface area contributed by atoms with Crippen molar-refractivity contribution in [3.63, 3.8) is 0 Å². The molecule has 0 aromatic carbocycles. The molecule has 2 heteroatoms. The molecule has 12 heavy (non-hydrogen) atoms. The molecule has 0 atom stereocenters. The highest BCUT2D eigenvalue weighted by atomic mass is 16.4. The zero-order chi connectivity index (χ0) is 9.46. The molecule has 1 aliphatic carbocycles. The Morgan fingerprint density at radius 1 is 1.08 bits per heavy atom. The molecule has 0 saturated heterocycles. The molecule has 1 rings (SSSR count). The SMILES string of the molecule is CC1=C(C)C(C(=O)O)C(C)=C1C. The van der Waals surface area contributed by atoms with E-state index in [-0.39, 0.29) is 5.92 Å². The van der Waals surface area contributed by atoms with E-state index >= 15 is 0 Å². The lowest BCUT2D eigenvalue weighted by Gasteiger charge is -2.07. The minimum Gasteiger partial charge on any atom is -0.481 e. The van der Waals surface area contributed by atoms with Crippen LogP contribution in [-0.2, 0) is 4.79 Å². The summed E-state index contributed by atoms with van der Waals surface area (Å²) in [5.74, 6) is -1.11. The highest BCUT2D eigenvalue weighted by molar-refractivity contribution is 5.80. The van der Waals surface area contributed by atoms with Crippen molar-refractivity contribution in [2.45, 2.75) is 27.7 Å². The van der Waals surface area contributed by atoms with Crippen LogP contribution in [-0.4, -0.2) is 11.1 Å². The number of carboxylic acid groups (broad SMARTS) is 1. The van der Waals surface area contributed by atoms with E-state index in [0.717, 1.165) is 22.3 Å². The summed E-state index contributed by atoms with van der Waals surface area (Å²) in [6.45, 7) is 7.76. The summed E-state index contributed by atoms with van der Waals surface area (Å²) < 4.78 is 0. The van der Waals surface area contributed by atoms with Crippen LogP contribution in [0.1, 0.15) is 27.7 Å². The first-order chi connectivity index (χ1) is 5.46. The molecule has 0 radical (unpaired) electrons. The Bertz CT molecular complexity index is 271. The predicted molar refractivity (Wildman–Crippen MR) is 47.9 cm³/mol. The Kier molecular flexibility index (Phi) is 2.09. The molecule has 0 amide bonds. The van der Waals surface area contributed by atoms with Crippen LogP contribution >= 0.6 is 0 Å². The zero-order valence-electron chi connectivity index (χ0n) is 7.93. The lowest BCUT2D eigenvalue weighted by atomic mass is 9.97. The first-order valence-corrected chi connectivity index (χ1v) is 4.04. The average molecular weight is 166 g/mol. The molecule has 0 aromatic rings. The molecule has 0 heterocycles. The van der Waals surface area contributed by atoms with Gasteiger partial charge in [-0.3, -0.25) is 4.79 Å². The van der Waals surface area contributed by atoms with Crippen molar-refractivity contribution in [1.82, 2.24) is 0 Å². The van der Waals surface area contributed by atoms with Crippen molar-refractivity contribution in [3.05, 3.63) is 22.3 Å². The second kappa shape index (κ2) is 2.77. The monoisotopic (exact) mass is 166 g/mol. The fourth-order valence-corrected chi connectivity index (χ4v) is 1.72. The van der Waals surface area contributed by atoms with Crippen LogP contribution < -0.4 is 0 Å². The number of carbonyl (C=O) groups is 1. The largest absolute Gasteiger partial charge is 0.481 e. The summed E-state index contributed by atoms with van der Waals surface area (Å²) in [4.78, 5) is 10.8. The van der Waals surface area contributed by atoms with Crippen LogP contribution in [0.3, 0.4) is 0 Å². The van der Waals surface area contributed by atoms with E-state index in [1.807, 2.05) is 27.7 Å². The quantitative estimate of drug-likeness (QED) is 0.649. The van der Waals surface area contributed by atoms with Gasteiger partial charge in [0, 0.05) is 0 Å². The number of aliphatic carboxylic acids is 1. The fourth-order valence-electron chi connectivity index (χ4n) is 1.72.